The number of unbranched alkanes of at least 4 members (excludes halogenated alkanes) is 8. The van der Waals surface area contributed by atoms with Gasteiger partial charge in [-0.25, -0.2) is 0 Å². The number of rotatable bonds is 16. The first-order valence-electron chi connectivity index (χ1n) is 14.0. The van der Waals surface area contributed by atoms with Crippen molar-refractivity contribution in [2.24, 2.45) is 17.8 Å². The Morgan fingerprint density at radius 1 is 0.667 bits per heavy atom. The molecule has 2 nitrogen and oxygen atoms in total. The Labute approximate surface area is 189 Å². The van der Waals surface area contributed by atoms with Crippen LogP contribution in [0.5, 0.6) is 0 Å². The predicted octanol–water partition coefficient (Wildman–Crippen LogP) is 8.43. The van der Waals surface area contributed by atoms with Crippen molar-refractivity contribution in [3.8, 4) is 0 Å². The highest BCUT2D eigenvalue weighted by atomic mass is 16.3. The summed E-state index contributed by atoms with van der Waals surface area (Å²) in [5, 5.41) is 19.1. The number of hydrogen-bond acceptors (Lipinski definition) is 2. The summed E-state index contributed by atoms with van der Waals surface area (Å²) in [4.78, 5) is 0. The summed E-state index contributed by atoms with van der Waals surface area (Å²) in [5.41, 5.74) is 0. The lowest BCUT2D eigenvalue weighted by molar-refractivity contribution is 0.106. The summed E-state index contributed by atoms with van der Waals surface area (Å²) < 4.78 is 0. The van der Waals surface area contributed by atoms with E-state index in [0.29, 0.717) is 0 Å². The summed E-state index contributed by atoms with van der Waals surface area (Å²) in [6.07, 6.45) is 26.1. The van der Waals surface area contributed by atoms with E-state index in [1.54, 1.807) is 0 Å². The molecule has 0 aromatic heterocycles. The third-order valence-corrected chi connectivity index (χ3v) is 7.48. The van der Waals surface area contributed by atoms with Gasteiger partial charge in [-0.15, -0.1) is 0 Å². The molecule has 2 aliphatic rings. The van der Waals surface area contributed by atoms with Crippen LogP contribution in [0.15, 0.2) is 0 Å². The van der Waals surface area contributed by atoms with Crippen LogP contribution in [-0.4, -0.2) is 22.4 Å². The molecule has 3 unspecified atom stereocenters. The maximum atomic E-state index is 9.69. The van der Waals surface area contributed by atoms with Gasteiger partial charge >= 0.3 is 0 Å². The zero-order valence-corrected chi connectivity index (χ0v) is 20.9. The number of hydrogen-bond donors (Lipinski definition) is 2. The van der Waals surface area contributed by atoms with Crippen LogP contribution in [0.1, 0.15) is 149 Å². The third-order valence-electron chi connectivity index (χ3n) is 7.48. The first kappa shape index (κ1) is 28.0. The second kappa shape index (κ2) is 18.5. The molecule has 2 saturated carbocycles. The summed E-state index contributed by atoms with van der Waals surface area (Å²) in [7, 11) is 0. The van der Waals surface area contributed by atoms with E-state index >= 15 is 0 Å². The van der Waals surface area contributed by atoms with Gasteiger partial charge in [0.05, 0.1) is 12.2 Å². The fourth-order valence-electron chi connectivity index (χ4n) is 5.23. The van der Waals surface area contributed by atoms with Gasteiger partial charge in [-0.3, -0.25) is 0 Å². The molecule has 2 aliphatic carbocycles. The SMILES string of the molecule is CCCCCCC1CC1CC(O)CCC.CCCCCCCCC1CCC(O)CC1. The fraction of sp³-hybridized carbons (Fsp3) is 1.00. The van der Waals surface area contributed by atoms with Crippen molar-refractivity contribution < 1.29 is 10.2 Å². The Morgan fingerprint density at radius 3 is 1.87 bits per heavy atom. The third kappa shape index (κ3) is 14.8. The lowest BCUT2D eigenvalue weighted by Crippen LogP contribution is -2.17. The molecule has 2 rings (SSSR count). The molecule has 0 aromatic rings. The van der Waals surface area contributed by atoms with Crippen molar-refractivity contribution in [2.75, 3.05) is 0 Å². The van der Waals surface area contributed by atoms with E-state index in [2.05, 4.69) is 20.8 Å². The van der Waals surface area contributed by atoms with Crippen LogP contribution in [0.3, 0.4) is 0 Å². The van der Waals surface area contributed by atoms with Gasteiger partial charge in [-0.1, -0.05) is 104 Å². The van der Waals surface area contributed by atoms with Crippen LogP contribution in [0.25, 0.3) is 0 Å². The van der Waals surface area contributed by atoms with Gasteiger partial charge < -0.3 is 10.2 Å². The molecule has 0 radical (unpaired) electrons. The molecular formula is C28H56O2. The number of aliphatic hydroxyl groups is 2. The Bertz CT molecular complexity index is 362. The van der Waals surface area contributed by atoms with Gasteiger partial charge in [0.2, 0.25) is 0 Å². The minimum atomic E-state index is -0.0133. The topological polar surface area (TPSA) is 40.5 Å². The highest BCUT2D eigenvalue weighted by molar-refractivity contribution is 4.87. The van der Waals surface area contributed by atoms with Gasteiger partial charge in [-0.2, -0.15) is 0 Å². The maximum Gasteiger partial charge on any atom is 0.0542 e. The molecule has 0 heterocycles. The van der Waals surface area contributed by atoms with Crippen LogP contribution in [-0.2, 0) is 0 Å². The van der Waals surface area contributed by atoms with Gasteiger partial charge in [-0.05, 0) is 62.7 Å². The minimum absolute atomic E-state index is 0.0133. The highest BCUT2D eigenvalue weighted by Crippen LogP contribution is 2.45. The second-order valence-corrected chi connectivity index (χ2v) is 10.5. The predicted molar refractivity (Wildman–Crippen MR) is 132 cm³/mol. The zero-order valence-electron chi connectivity index (χ0n) is 20.9. The molecule has 0 saturated heterocycles. The van der Waals surface area contributed by atoms with Gasteiger partial charge in [0, 0.05) is 0 Å². The standard InChI is InChI=1S/2C14H28O/c1-3-5-6-7-9-12-10-13(12)11-14(15)8-4-2;1-2-3-4-5-6-7-8-13-9-11-14(15)12-10-13/h12-15H,3-11H2,1-2H3;13-15H,2-12H2,1H3. The molecule has 0 bridgehead atoms. The Morgan fingerprint density at radius 2 is 1.23 bits per heavy atom. The molecule has 180 valence electrons. The monoisotopic (exact) mass is 424 g/mol. The molecule has 3 atom stereocenters. The van der Waals surface area contributed by atoms with Crippen LogP contribution < -0.4 is 0 Å². The highest BCUT2D eigenvalue weighted by Gasteiger charge is 2.36. The van der Waals surface area contributed by atoms with Crippen molar-refractivity contribution in [1.29, 1.82) is 0 Å². The number of aliphatic hydroxyl groups excluding tert-OH is 2. The Hall–Kier alpha value is -0.0800. The first-order valence-corrected chi connectivity index (χ1v) is 14.0. The van der Waals surface area contributed by atoms with Crippen molar-refractivity contribution in [1.82, 2.24) is 0 Å². The largest absolute Gasteiger partial charge is 0.393 e. The van der Waals surface area contributed by atoms with E-state index in [1.807, 2.05) is 0 Å². The normalized spacial score (nSPS) is 26.7. The van der Waals surface area contributed by atoms with Gasteiger partial charge in [0.15, 0.2) is 0 Å². The molecule has 0 aliphatic heterocycles. The van der Waals surface area contributed by atoms with E-state index in [-0.39, 0.29) is 12.2 Å². The van der Waals surface area contributed by atoms with Gasteiger partial charge in [0.25, 0.3) is 0 Å². The molecule has 0 amide bonds. The maximum absolute atomic E-state index is 9.69. The second-order valence-electron chi connectivity index (χ2n) is 10.5. The van der Waals surface area contributed by atoms with Crippen LogP contribution in [0, 0.1) is 17.8 Å². The van der Waals surface area contributed by atoms with E-state index < -0.39 is 0 Å². The van der Waals surface area contributed by atoms with Crippen molar-refractivity contribution in [2.45, 2.75) is 161 Å². The quantitative estimate of drug-likeness (QED) is 0.244. The van der Waals surface area contributed by atoms with Crippen molar-refractivity contribution in [3.63, 3.8) is 0 Å². The molecule has 0 aromatic carbocycles. The van der Waals surface area contributed by atoms with Crippen LogP contribution in [0.4, 0.5) is 0 Å². The van der Waals surface area contributed by atoms with E-state index in [0.717, 1.165) is 49.9 Å². The lowest BCUT2D eigenvalue weighted by Gasteiger charge is -2.25. The smallest absolute Gasteiger partial charge is 0.0542 e. The van der Waals surface area contributed by atoms with Crippen LogP contribution in [0.2, 0.25) is 0 Å². The molecular weight excluding hydrogens is 368 g/mol. The minimum Gasteiger partial charge on any atom is -0.393 e. The van der Waals surface area contributed by atoms with Crippen LogP contribution >= 0.6 is 0 Å². The Kier molecular flexibility index (Phi) is 17.2. The average Bonchev–Trinajstić information content (AvgIpc) is 3.47. The van der Waals surface area contributed by atoms with Crippen molar-refractivity contribution >= 4 is 0 Å². The molecule has 2 N–H and O–H groups in total. The zero-order chi connectivity index (χ0) is 22.0. The Balaban J connectivity index is 0.000000300. The molecule has 0 spiro atoms. The lowest BCUT2D eigenvalue weighted by atomic mass is 9.84. The van der Waals surface area contributed by atoms with E-state index in [9.17, 15) is 10.2 Å². The average molecular weight is 425 g/mol. The first-order chi connectivity index (χ1) is 14.6. The summed E-state index contributed by atoms with van der Waals surface area (Å²) >= 11 is 0. The summed E-state index contributed by atoms with van der Waals surface area (Å²) in [6.45, 7) is 6.69. The molecule has 2 fully saturated rings. The van der Waals surface area contributed by atoms with Gasteiger partial charge in [0.1, 0.15) is 0 Å². The van der Waals surface area contributed by atoms with Crippen molar-refractivity contribution in [3.05, 3.63) is 0 Å². The van der Waals surface area contributed by atoms with E-state index in [4.69, 9.17) is 0 Å². The summed E-state index contributed by atoms with van der Waals surface area (Å²) in [6, 6.07) is 0. The summed E-state index contributed by atoms with van der Waals surface area (Å²) in [5.74, 6) is 2.76. The fourth-order valence-corrected chi connectivity index (χ4v) is 5.23. The molecule has 2 heteroatoms. The molecule has 30 heavy (non-hydrogen) atoms. The van der Waals surface area contributed by atoms with E-state index in [1.165, 1.54) is 96.3 Å².